The molecule has 330 valence electrons. The second kappa shape index (κ2) is 22.3. The van der Waals surface area contributed by atoms with Crippen molar-refractivity contribution in [2.75, 3.05) is 0 Å². The Balaban J connectivity index is 1.63. The van der Waals surface area contributed by atoms with Gasteiger partial charge in [0.1, 0.15) is 17.1 Å². The Morgan fingerprint density at radius 3 is 1.63 bits per heavy atom. The van der Waals surface area contributed by atoms with E-state index in [4.69, 9.17) is 33.2 Å². The van der Waals surface area contributed by atoms with E-state index < -0.39 is 59.0 Å². The molecule has 0 fully saturated rings. The lowest BCUT2D eigenvalue weighted by Gasteiger charge is -2.17. The third-order valence-corrected chi connectivity index (χ3v) is 8.48. The molecule has 0 aliphatic heterocycles. The average Bonchev–Trinajstić information content (AvgIpc) is 3.25. The van der Waals surface area contributed by atoms with Gasteiger partial charge < -0.3 is 33.2 Å². The predicted molar refractivity (Wildman–Crippen MR) is 238 cm³/mol. The minimum atomic E-state index is -1.55. The van der Waals surface area contributed by atoms with Crippen molar-refractivity contribution in [3.8, 4) is 34.8 Å². The summed E-state index contributed by atoms with van der Waals surface area (Å²) in [6.07, 6.45) is 3.64. The van der Waals surface area contributed by atoms with Crippen molar-refractivity contribution in [2.24, 2.45) is 0 Å². The van der Waals surface area contributed by atoms with Crippen LogP contribution < -0.4 is 18.9 Å². The van der Waals surface area contributed by atoms with Crippen LogP contribution in [0.2, 0.25) is 0 Å². The number of benzene rings is 4. The van der Waals surface area contributed by atoms with E-state index in [1.54, 1.807) is 55.5 Å². The van der Waals surface area contributed by atoms with Crippen molar-refractivity contribution in [2.45, 2.75) is 41.5 Å². The molecular formula is C51H42O14. The highest BCUT2D eigenvalue weighted by molar-refractivity contribution is 6.01. The van der Waals surface area contributed by atoms with Crippen molar-refractivity contribution >= 4 is 54.1 Å². The highest BCUT2D eigenvalue weighted by atomic mass is 16.7. The largest absolute Gasteiger partial charge is 0.522 e. The minimum absolute atomic E-state index is 0.0503. The third kappa shape index (κ3) is 14.1. The Bertz CT molecular complexity index is 2770. The summed E-state index contributed by atoms with van der Waals surface area (Å²) in [4.78, 5) is 88.2. The zero-order chi connectivity index (χ0) is 48.0. The molecule has 4 aromatic rings. The molecule has 0 amide bonds. The Hall–Kier alpha value is -8.83. The number of esters is 6. The first-order valence-electron chi connectivity index (χ1n) is 19.2. The second-order valence-corrected chi connectivity index (χ2v) is 14.1. The van der Waals surface area contributed by atoms with Gasteiger partial charge in [0, 0.05) is 39.0 Å². The van der Waals surface area contributed by atoms with E-state index in [9.17, 15) is 33.6 Å². The molecule has 0 aliphatic rings. The number of rotatable bonds is 14. The molecule has 4 rings (SSSR count). The van der Waals surface area contributed by atoms with E-state index in [2.05, 4.69) is 38.2 Å². The smallest absolute Gasteiger partial charge is 0.431 e. The highest BCUT2D eigenvalue weighted by Crippen LogP contribution is 2.37. The molecule has 0 saturated heterocycles. The van der Waals surface area contributed by atoms with Crippen LogP contribution in [-0.2, 0) is 33.4 Å². The van der Waals surface area contributed by atoms with Crippen molar-refractivity contribution in [1.82, 2.24) is 0 Å². The van der Waals surface area contributed by atoms with Crippen LogP contribution in [0.1, 0.15) is 81.8 Å². The zero-order valence-electron chi connectivity index (χ0n) is 36.3. The van der Waals surface area contributed by atoms with E-state index in [1.807, 2.05) is 0 Å². The Morgan fingerprint density at radius 2 is 1.06 bits per heavy atom. The molecule has 4 aromatic carbocycles. The normalized spacial score (nSPS) is 10.4. The lowest BCUT2D eigenvalue weighted by atomic mass is 10.0. The van der Waals surface area contributed by atoms with Crippen LogP contribution in [0.25, 0.3) is 12.2 Å². The van der Waals surface area contributed by atoms with Gasteiger partial charge in [-0.2, -0.15) is 0 Å². The van der Waals surface area contributed by atoms with Crippen LogP contribution in [0.4, 0.5) is 4.79 Å². The van der Waals surface area contributed by atoms with Gasteiger partial charge in [-0.05, 0) is 125 Å². The number of hydrogen-bond donors (Lipinski definition) is 0. The van der Waals surface area contributed by atoms with Crippen LogP contribution >= 0.6 is 0 Å². The number of hydrogen-bond acceptors (Lipinski definition) is 14. The number of carbonyl (C=O) groups is 7. The molecule has 0 atom stereocenters. The topological polar surface area (TPSA) is 184 Å². The van der Waals surface area contributed by atoms with E-state index in [1.165, 1.54) is 77.3 Å². The summed E-state index contributed by atoms with van der Waals surface area (Å²) in [5, 5.41) is 0. The van der Waals surface area contributed by atoms with Crippen LogP contribution in [0.5, 0.6) is 23.0 Å². The number of carbonyl (C=O) groups excluding carboxylic acids is 7. The summed E-state index contributed by atoms with van der Waals surface area (Å²) < 4.78 is 36.8. The van der Waals surface area contributed by atoms with Crippen molar-refractivity contribution < 1.29 is 66.7 Å². The molecule has 0 radical (unpaired) electrons. The molecule has 65 heavy (non-hydrogen) atoms. The predicted octanol–water partition coefficient (Wildman–Crippen LogP) is 9.42. The fraction of sp³-hybridized carbons (Fsp3) is 0.118. The molecule has 0 N–H and O–H groups in total. The van der Waals surface area contributed by atoms with Gasteiger partial charge in [-0.1, -0.05) is 56.4 Å². The van der Waals surface area contributed by atoms with Gasteiger partial charge in [-0.3, -0.25) is 0 Å². The van der Waals surface area contributed by atoms with Crippen LogP contribution in [0.15, 0.2) is 134 Å². The van der Waals surface area contributed by atoms with E-state index in [0.717, 1.165) is 6.26 Å². The first-order chi connectivity index (χ1) is 30.7. The lowest BCUT2D eigenvalue weighted by Crippen LogP contribution is -2.20. The lowest BCUT2D eigenvalue weighted by molar-refractivity contribution is -0.134. The second-order valence-electron chi connectivity index (χ2n) is 14.1. The Labute approximate surface area is 374 Å². The maximum absolute atomic E-state index is 13.8. The van der Waals surface area contributed by atoms with Gasteiger partial charge in [0.05, 0.1) is 18.1 Å². The summed E-state index contributed by atoms with van der Waals surface area (Å²) in [7, 11) is 0. The first kappa shape index (κ1) is 48.8. The maximum Gasteiger partial charge on any atom is 0.522 e. The molecule has 0 saturated carbocycles. The maximum atomic E-state index is 13.8. The monoisotopic (exact) mass is 878 g/mol. The summed E-state index contributed by atoms with van der Waals surface area (Å²) in [5.41, 5.74) is 2.28. The van der Waals surface area contributed by atoms with Crippen LogP contribution in [0, 0.1) is 25.7 Å². The average molecular weight is 879 g/mol. The Kier molecular flexibility index (Phi) is 16.8. The van der Waals surface area contributed by atoms with Crippen LogP contribution in [0.3, 0.4) is 0 Å². The molecule has 0 aromatic heterocycles. The van der Waals surface area contributed by atoms with Gasteiger partial charge in [-0.15, -0.1) is 0 Å². The fourth-order valence-corrected chi connectivity index (χ4v) is 4.94. The van der Waals surface area contributed by atoms with E-state index in [0.29, 0.717) is 33.8 Å². The van der Waals surface area contributed by atoms with Crippen molar-refractivity contribution in [3.05, 3.63) is 178 Å². The van der Waals surface area contributed by atoms with E-state index in [-0.39, 0.29) is 39.0 Å². The van der Waals surface area contributed by atoms with Gasteiger partial charge in [0.15, 0.2) is 11.5 Å². The highest BCUT2D eigenvalue weighted by Gasteiger charge is 2.29. The molecule has 0 unspecified atom stereocenters. The standard InChI is InChI=1S/C51H42O14/c1-29(2)45(52)61-40-20-14-36(15-21-40)23-25-59-49(56)38-17-11-35(12-18-38)13-19-39-28-42(63-47(54)31(5)6)43(44(34(39)10)64-51(58)65-48(55)32(7)8)50(57)60-26-24-37-16-22-41(33(9)27-37)62-46(53)30(3)4/h11-12,14-18,20-28H,1,3,5,7H2,2,4,6,8-10H3. The van der Waals surface area contributed by atoms with Crippen molar-refractivity contribution in [3.63, 3.8) is 0 Å². The molecular weight excluding hydrogens is 837 g/mol. The first-order valence-corrected chi connectivity index (χ1v) is 19.2. The van der Waals surface area contributed by atoms with Gasteiger partial charge >= 0.3 is 42.0 Å². The van der Waals surface area contributed by atoms with E-state index >= 15 is 0 Å². The summed E-state index contributed by atoms with van der Waals surface area (Å²) in [6, 6.07) is 18.5. The number of aryl methyl sites for hydroxylation is 1. The van der Waals surface area contributed by atoms with Gasteiger partial charge in [0.25, 0.3) is 0 Å². The quantitative estimate of drug-likeness (QED) is 0.0171. The number of ether oxygens (including phenoxy) is 7. The summed E-state index contributed by atoms with van der Waals surface area (Å²) >= 11 is 0. The molecule has 0 bridgehead atoms. The van der Waals surface area contributed by atoms with Gasteiger partial charge in [-0.25, -0.2) is 33.6 Å². The van der Waals surface area contributed by atoms with Crippen molar-refractivity contribution in [1.29, 1.82) is 0 Å². The van der Waals surface area contributed by atoms with Gasteiger partial charge in [0.2, 0.25) is 0 Å². The third-order valence-electron chi connectivity index (χ3n) is 8.48. The molecule has 14 heteroatoms. The van der Waals surface area contributed by atoms with Crippen LogP contribution in [-0.4, -0.2) is 42.0 Å². The fourth-order valence-electron chi connectivity index (χ4n) is 4.94. The Morgan fingerprint density at radius 1 is 0.538 bits per heavy atom. The molecule has 0 aliphatic carbocycles. The molecule has 14 nitrogen and oxygen atoms in total. The minimum Gasteiger partial charge on any atom is -0.431 e. The SMILES string of the molecule is C=C(C)C(=O)OC(=O)Oc1c(C)c(C#Cc2ccc(C(=O)OC=Cc3ccc(OC(=O)C(=C)C)cc3)cc2)cc(OC(=O)C(=C)C)c1C(=O)OC=Cc1ccc(OC(=O)C(=C)C)c(C)c1. The summed E-state index contributed by atoms with van der Waals surface area (Å²) in [6.45, 7) is 23.0. The zero-order valence-corrected chi connectivity index (χ0v) is 36.3. The molecule has 0 heterocycles. The summed E-state index contributed by atoms with van der Waals surface area (Å²) in [5.74, 6) is 0.386. The molecule has 0 spiro atoms.